The van der Waals surface area contributed by atoms with Crippen molar-refractivity contribution in [1.82, 2.24) is 5.32 Å². The van der Waals surface area contributed by atoms with Crippen LogP contribution in [0.25, 0.3) is 0 Å². The SMILES string of the molecule is Cc1ccc(CNC(=O)Nc2cccc(OCC3CCCO3)c2)c(C)c1. The van der Waals surface area contributed by atoms with Crippen LogP contribution in [0.3, 0.4) is 0 Å². The number of hydrogen-bond donors (Lipinski definition) is 2. The molecule has 2 N–H and O–H groups in total. The Balaban J connectivity index is 1.49. The molecule has 0 spiro atoms. The van der Waals surface area contributed by atoms with Gasteiger partial charge in [0.2, 0.25) is 0 Å². The highest BCUT2D eigenvalue weighted by Gasteiger charge is 2.16. The van der Waals surface area contributed by atoms with E-state index in [1.807, 2.05) is 30.3 Å². The Bertz CT molecular complexity index is 755. The first-order valence-electron chi connectivity index (χ1n) is 9.05. The van der Waals surface area contributed by atoms with Crippen LogP contribution in [0.5, 0.6) is 5.75 Å². The minimum Gasteiger partial charge on any atom is -0.491 e. The lowest BCUT2D eigenvalue weighted by Gasteiger charge is -2.13. The van der Waals surface area contributed by atoms with Gasteiger partial charge in [-0.1, -0.05) is 29.8 Å². The zero-order valence-electron chi connectivity index (χ0n) is 15.4. The Labute approximate surface area is 154 Å². The van der Waals surface area contributed by atoms with Crippen LogP contribution in [0.4, 0.5) is 10.5 Å². The summed E-state index contributed by atoms with van der Waals surface area (Å²) in [4.78, 5) is 12.2. The molecular formula is C21H26N2O3. The van der Waals surface area contributed by atoms with Crippen LogP contribution in [-0.2, 0) is 11.3 Å². The summed E-state index contributed by atoms with van der Waals surface area (Å²) in [5.41, 5.74) is 4.21. The fraction of sp³-hybridized carbons (Fsp3) is 0.381. The first-order valence-corrected chi connectivity index (χ1v) is 9.05. The quantitative estimate of drug-likeness (QED) is 0.818. The summed E-state index contributed by atoms with van der Waals surface area (Å²) in [7, 11) is 0. The monoisotopic (exact) mass is 354 g/mol. The van der Waals surface area contributed by atoms with E-state index >= 15 is 0 Å². The molecule has 138 valence electrons. The minimum atomic E-state index is -0.235. The van der Waals surface area contributed by atoms with Gasteiger partial charge in [0, 0.05) is 24.9 Å². The van der Waals surface area contributed by atoms with Crippen molar-refractivity contribution in [2.24, 2.45) is 0 Å². The van der Waals surface area contributed by atoms with Crippen molar-refractivity contribution in [3.8, 4) is 5.75 Å². The highest BCUT2D eigenvalue weighted by molar-refractivity contribution is 5.89. The van der Waals surface area contributed by atoms with Gasteiger partial charge in [-0.2, -0.15) is 0 Å². The van der Waals surface area contributed by atoms with Gasteiger partial charge in [0.15, 0.2) is 0 Å². The van der Waals surface area contributed by atoms with Gasteiger partial charge in [0.05, 0.1) is 6.10 Å². The number of hydrogen-bond acceptors (Lipinski definition) is 3. The molecule has 5 nitrogen and oxygen atoms in total. The number of carbonyl (C=O) groups is 1. The fourth-order valence-corrected chi connectivity index (χ4v) is 3.02. The van der Waals surface area contributed by atoms with Crippen molar-refractivity contribution in [2.45, 2.75) is 39.3 Å². The number of urea groups is 1. The van der Waals surface area contributed by atoms with E-state index in [0.29, 0.717) is 18.8 Å². The lowest BCUT2D eigenvalue weighted by molar-refractivity contribution is 0.0680. The first kappa shape index (κ1) is 18.3. The maximum absolute atomic E-state index is 12.2. The van der Waals surface area contributed by atoms with Crippen molar-refractivity contribution in [2.75, 3.05) is 18.5 Å². The molecule has 5 heteroatoms. The minimum absolute atomic E-state index is 0.174. The molecule has 1 unspecified atom stereocenters. The number of rotatable bonds is 6. The zero-order chi connectivity index (χ0) is 18.4. The third kappa shape index (κ3) is 5.23. The molecule has 0 saturated carbocycles. The topological polar surface area (TPSA) is 59.6 Å². The maximum Gasteiger partial charge on any atom is 0.319 e. The number of nitrogens with one attached hydrogen (secondary N) is 2. The number of amides is 2. The summed E-state index contributed by atoms with van der Waals surface area (Å²) in [5, 5.41) is 5.74. The van der Waals surface area contributed by atoms with E-state index in [1.54, 1.807) is 0 Å². The summed E-state index contributed by atoms with van der Waals surface area (Å²) in [5.74, 6) is 0.729. The Morgan fingerprint density at radius 3 is 2.88 bits per heavy atom. The fourth-order valence-electron chi connectivity index (χ4n) is 3.02. The molecule has 1 heterocycles. The van der Waals surface area contributed by atoms with Crippen LogP contribution in [0.15, 0.2) is 42.5 Å². The number of aryl methyl sites for hydroxylation is 2. The maximum atomic E-state index is 12.2. The molecule has 26 heavy (non-hydrogen) atoms. The molecule has 1 fully saturated rings. The van der Waals surface area contributed by atoms with E-state index in [1.165, 1.54) is 11.1 Å². The van der Waals surface area contributed by atoms with Crippen molar-refractivity contribution in [1.29, 1.82) is 0 Å². The molecule has 0 radical (unpaired) electrons. The van der Waals surface area contributed by atoms with Crippen LogP contribution in [0, 0.1) is 13.8 Å². The van der Waals surface area contributed by atoms with Gasteiger partial charge in [-0.25, -0.2) is 4.79 Å². The van der Waals surface area contributed by atoms with Crippen molar-refractivity contribution < 1.29 is 14.3 Å². The third-order valence-electron chi connectivity index (χ3n) is 4.49. The van der Waals surface area contributed by atoms with Gasteiger partial charge >= 0.3 is 6.03 Å². The van der Waals surface area contributed by atoms with Crippen molar-refractivity contribution in [3.63, 3.8) is 0 Å². The van der Waals surface area contributed by atoms with E-state index in [4.69, 9.17) is 9.47 Å². The Kier molecular flexibility index (Phi) is 6.12. The second-order valence-corrected chi connectivity index (χ2v) is 6.71. The molecule has 0 aromatic heterocycles. The third-order valence-corrected chi connectivity index (χ3v) is 4.49. The van der Waals surface area contributed by atoms with Crippen LogP contribution in [-0.4, -0.2) is 25.3 Å². The average Bonchev–Trinajstić information content (AvgIpc) is 3.13. The number of anilines is 1. The smallest absolute Gasteiger partial charge is 0.319 e. The molecule has 1 aliphatic rings. The highest BCUT2D eigenvalue weighted by Crippen LogP contribution is 2.19. The molecule has 0 aliphatic carbocycles. The van der Waals surface area contributed by atoms with Gasteiger partial charge in [0.1, 0.15) is 12.4 Å². The second-order valence-electron chi connectivity index (χ2n) is 6.71. The number of ether oxygens (including phenoxy) is 2. The van der Waals surface area contributed by atoms with Gasteiger partial charge in [-0.3, -0.25) is 0 Å². The van der Waals surface area contributed by atoms with E-state index in [2.05, 4.69) is 36.6 Å². The van der Waals surface area contributed by atoms with Crippen LogP contribution >= 0.6 is 0 Å². The van der Waals surface area contributed by atoms with E-state index < -0.39 is 0 Å². The molecule has 1 saturated heterocycles. The summed E-state index contributed by atoms with van der Waals surface area (Å²) >= 11 is 0. The standard InChI is InChI=1S/C21H26N2O3/c1-15-8-9-17(16(2)11-15)13-22-21(24)23-18-5-3-6-19(12-18)26-14-20-7-4-10-25-20/h3,5-6,8-9,11-12,20H,4,7,10,13-14H2,1-2H3,(H2,22,23,24). The molecule has 0 bridgehead atoms. The van der Waals surface area contributed by atoms with Crippen molar-refractivity contribution >= 4 is 11.7 Å². The largest absolute Gasteiger partial charge is 0.491 e. The molecule has 2 amide bonds. The van der Waals surface area contributed by atoms with Gasteiger partial charge < -0.3 is 20.1 Å². The summed E-state index contributed by atoms with van der Waals surface area (Å²) < 4.78 is 11.3. The lowest BCUT2D eigenvalue weighted by atomic mass is 10.1. The number of benzene rings is 2. The first-order chi connectivity index (χ1) is 12.6. The summed E-state index contributed by atoms with van der Waals surface area (Å²) in [6.45, 7) is 5.97. The van der Waals surface area contributed by atoms with E-state index in [-0.39, 0.29) is 12.1 Å². The van der Waals surface area contributed by atoms with Gasteiger partial charge in [-0.05, 0) is 49.9 Å². The van der Waals surface area contributed by atoms with Gasteiger partial charge in [-0.15, -0.1) is 0 Å². The molecule has 2 aromatic rings. The Morgan fingerprint density at radius 1 is 1.23 bits per heavy atom. The predicted octanol–water partition coefficient (Wildman–Crippen LogP) is 4.18. The number of carbonyl (C=O) groups excluding carboxylic acids is 1. The second kappa shape index (κ2) is 8.72. The molecule has 3 rings (SSSR count). The van der Waals surface area contributed by atoms with E-state index in [9.17, 15) is 4.79 Å². The van der Waals surface area contributed by atoms with E-state index in [0.717, 1.165) is 30.8 Å². The van der Waals surface area contributed by atoms with Crippen LogP contribution in [0.2, 0.25) is 0 Å². The van der Waals surface area contributed by atoms with Gasteiger partial charge in [0.25, 0.3) is 0 Å². The lowest BCUT2D eigenvalue weighted by Crippen LogP contribution is -2.28. The normalized spacial score (nSPS) is 16.3. The molecule has 1 aliphatic heterocycles. The average molecular weight is 354 g/mol. The Hall–Kier alpha value is -2.53. The molecule has 2 aromatic carbocycles. The zero-order valence-corrected chi connectivity index (χ0v) is 15.4. The van der Waals surface area contributed by atoms with Crippen molar-refractivity contribution in [3.05, 3.63) is 59.2 Å². The molecular weight excluding hydrogens is 328 g/mol. The Morgan fingerprint density at radius 2 is 2.12 bits per heavy atom. The summed E-state index contributed by atoms with van der Waals surface area (Å²) in [6.07, 6.45) is 2.31. The summed E-state index contributed by atoms with van der Waals surface area (Å²) in [6, 6.07) is 13.4. The van der Waals surface area contributed by atoms with Crippen LogP contribution < -0.4 is 15.4 Å². The highest BCUT2D eigenvalue weighted by atomic mass is 16.5. The van der Waals surface area contributed by atoms with Crippen LogP contribution in [0.1, 0.15) is 29.5 Å². The molecule has 1 atom stereocenters. The predicted molar refractivity (Wildman–Crippen MR) is 103 cm³/mol.